The van der Waals surface area contributed by atoms with Gasteiger partial charge in [-0.15, -0.1) is 0 Å². The van der Waals surface area contributed by atoms with Crippen LogP contribution in [0.15, 0.2) is 0 Å². The van der Waals surface area contributed by atoms with Crippen molar-refractivity contribution in [3.05, 3.63) is 0 Å². The Morgan fingerprint density at radius 2 is 1.50 bits per heavy atom. The van der Waals surface area contributed by atoms with Gasteiger partial charge in [0.1, 0.15) is 12.1 Å². The summed E-state index contributed by atoms with van der Waals surface area (Å²) in [6, 6.07) is -3.79. The zero-order valence-electron chi connectivity index (χ0n) is 12.7. The molecule has 24 heavy (non-hydrogen) atoms. The zero-order chi connectivity index (χ0) is 18.9. The molecule has 0 aromatic rings. The van der Waals surface area contributed by atoms with Gasteiger partial charge in [-0.05, 0) is 6.42 Å². The standard InChI is InChI=1S/C12H21N5O6S/c13-5(3-9(15)19)10(20)17-7(4-24)11(21)16-6(12(22)23)1-2-8(14)18/h5-7,24H,1-4,13H2,(H2,14,18)(H2,15,19)(H,16,21)(H,17,20)(H,22,23). The Morgan fingerprint density at radius 1 is 0.958 bits per heavy atom. The topological polar surface area (TPSA) is 208 Å². The van der Waals surface area contributed by atoms with Crippen molar-refractivity contribution < 1.29 is 29.1 Å². The number of carbonyl (C=O) groups is 5. The molecule has 0 heterocycles. The van der Waals surface area contributed by atoms with E-state index in [1.807, 2.05) is 0 Å². The van der Waals surface area contributed by atoms with Crippen LogP contribution < -0.4 is 27.8 Å². The highest BCUT2D eigenvalue weighted by atomic mass is 32.1. The fourth-order valence-electron chi connectivity index (χ4n) is 1.60. The normalized spacial score (nSPS) is 14.1. The van der Waals surface area contributed by atoms with Crippen LogP contribution in [0.4, 0.5) is 0 Å². The molecule has 3 atom stereocenters. The lowest BCUT2D eigenvalue weighted by Crippen LogP contribution is -2.55. The molecule has 11 nitrogen and oxygen atoms in total. The highest BCUT2D eigenvalue weighted by Crippen LogP contribution is 2.00. The van der Waals surface area contributed by atoms with E-state index in [-0.39, 0.29) is 18.6 Å². The van der Waals surface area contributed by atoms with E-state index in [9.17, 15) is 24.0 Å². The largest absolute Gasteiger partial charge is 0.480 e. The maximum Gasteiger partial charge on any atom is 0.326 e. The molecule has 0 saturated carbocycles. The lowest BCUT2D eigenvalue weighted by atomic mass is 10.1. The van der Waals surface area contributed by atoms with Crippen LogP contribution >= 0.6 is 12.6 Å². The van der Waals surface area contributed by atoms with E-state index in [0.717, 1.165) is 0 Å². The Hall–Kier alpha value is -2.34. The van der Waals surface area contributed by atoms with Crippen LogP contribution in [0.25, 0.3) is 0 Å². The molecule has 3 unspecified atom stereocenters. The minimum Gasteiger partial charge on any atom is -0.480 e. The van der Waals surface area contributed by atoms with E-state index in [1.54, 1.807) is 0 Å². The van der Waals surface area contributed by atoms with E-state index < -0.39 is 54.1 Å². The molecule has 0 fully saturated rings. The van der Waals surface area contributed by atoms with Crippen LogP contribution in [0.1, 0.15) is 19.3 Å². The first-order chi connectivity index (χ1) is 11.1. The smallest absolute Gasteiger partial charge is 0.326 e. The number of carboxylic acid groups (broad SMARTS) is 1. The van der Waals surface area contributed by atoms with E-state index in [0.29, 0.717) is 0 Å². The number of primary amides is 2. The van der Waals surface area contributed by atoms with Gasteiger partial charge >= 0.3 is 5.97 Å². The number of thiol groups is 1. The van der Waals surface area contributed by atoms with Crippen molar-refractivity contribution in [1.29, 1.82) is 0 Å². The second-order valence-corrected chi connectivity index (χ2v) is 5.29. The molecule has 0 aromatic carbocycles. The second kappa shape index (κ2) is 10.4. The van der Waals surface area contributed by atoms with Crippen LogP contribution in [0.2, 0.25) is 0 Å². The third kappa shape index (κ3) is 8.33. The molecule has 0 rings (SSSR count). The van der Waals surface area contributed by atoms with Crippen LogP contribution in [0, 0.1) is 0 Å². The first-order valence-corrected chi connectivity index (χ1v) is 7.48. The number of carbonyl (C=O) groups excluding carboxylic acids is 4. The van der Waals surface area contributed by atoms with Crippen LogP contribution in [0.5, 0.6) is 0 Å². The molecule has 0 aromatic heterocycles. The summed E-state index contributed by atoms with van der Waals surface area (Å²) < 4.78 is 0. The summed E-state index contributed by atoms with van der Waals surface area (Å²) >= 11 is 3.90. The quantitative estimate of drug-likeness (QED) is 0.183. The van der Waals surface area contributed by atoms with Gasteiger partial charge < -0.3 is 32.9 Å². The first-order valence-electron chi connectivity index (χ1n) is 6.85. The lowest BCUT2D eigenvalue weighted by Gasteiger charge is -2.21. The van der Waals surface area contributed by atoms with Crippen molar-refractivity contribution in [2.45, 2.75) is 37.4 Å². The summed E-state index contributed by atoms with van der Waals surface area (Å²) in [7, 11) is 0. The number of amides is 4. The summed E-state index contributed by atoms with van der Waals surface area (Å²) in [5.74, 6) is -4.66. The molecule has 0 bridgehead atoms. The predicted molar refractivity (Wildman–Crippen MR) is 85.6 cm³/mol. The molecular weight excluding hydrogens is 342 g/mol. The average molecular weight is 363 g/mol. The number of nitrogens with one attached hydrogen (secondary N) is 2. The molecule has 136 valence electrons. The number of hydrogen-bond acceptors (Lipinski definition) is 7. The van der Waals surface area contributed by atoms with Gasteiger partial charge in [0.2, 0.25) is 23.6 Å². The SMILES string of the molecule is NC(=O)CCC(NC(=O)C(CS)NC(=O)C(N)CC(N)=O)C(=O)O. The summed E-state index contributed by atoms with van der Waals surface area (Å²) in [6.07, 6.45) is -0.855. The molecule has 0 aliphatic carbocycles. The number of hydrogen-bond donors (Lipinski definition) is 7. The summed E-state index contributed by atoms with van der Waals surface area (Å²) in [6.45, 7) is 0. The van der Waals surface area contributed by atoms with E-state index in [2.05, 4.69) is 23.3 Å². The van der Waals surface area contributed by atoms with Crippen molar-refractivity contribution in [2.24, 2.45) is 17.2 Å². The molecule has 0 aliphatic rings. The molecule has 0 spiro atoms. The maximum absolute atomic E-state index is 12.0. The Bertz CT molecular complexity index is 514. The second-order valence-electron chi connectivity index (χ2n) is 4.93. The van der Waals surface area contributed by atoms with Crippen molar-refractivity contribution in [2.75, 3.05) is 5.75 Å². The maximum atomic E-state index is 12.0. The molecule has 0 saturated heterocycles. The monoisotopic (exact) mass is 363 g/mol. The van der Waals surface area contributed by atoms with Crippen LogP contribution in [0.3, 0.4) is 0 Å². The predicted octanol–water partition coefficient (Wildman–Crippen LogP) is -3.56. The number of carboxylic acids is 1. The molecule has 12 heteroatoms. The molecule has 9 N–H and O–H groups in total. The van der Waals surface area contributed by atoms with Crippen LogP contribution in [-0.2, 0) is 24.0 Å². The third-order valence-electron chi connectivity index (χ3n) is 2.87. The minimum absolute atomic E-state index is 0.150. The Morgan fingerprint density at radius 3 is 1.92 bits per heavy atom. The number of rotatable bonds is 11. The molecular formula is C12H21N5O6S. The summed E-state index contributed by atoms with van der Waals surface area (Å²) in [5.41, 5.74) is 15.3. The lowest BCUT2D eigenvalue weighted by molar-refractivity contribution is -0.142. The molecule has 0 aliphatic heterocycles. The van der Waals surface area contributed by atoms with Crippen molar-refractivity contribution in [3.63, 3.8) is 0 Å². The Labute approximate surface area is 143 Å². The van der Waals surface area contributed by atoms with E-state index in [4.69, 9.17) is 22.3 Å². The first kappa shape index (κ1) is 21.7. The zero-order valence-corrected chi connectivity index (χ0v) is 13.6. The van der Waals surface area contributed by atoms with Gasteiger partial charge in [0.25, 0.3) is 0 Å². The van der Waals surface area contributed by atoms with Crippen molar-refractivity contribution >= 4 is 42.2 Å². The fourth-order valence-corrected chi connectivity index (χ4v) is 1.86. The van der Waals surface area contributed by atoms with Gasteiger partial charge in [-0.3, -0.25) is 19.2 Å². The van der Waals surface area contributed by atoms with Gasteiger partial charge in [0, 0.05) is 12.2 Å². The third-order valence-corrected chi connectivity index (χ3v) is 3.23. The summed E-state index contributed by atoms with van der Waals surface area (Å²) in [5, 5.41) is 13.4. The Balaban J connectivity index is 4.76. The van der Waals surface area contributed by atoms with E-state index in [1.165, 1.54) is 0 Å². The fraction of sp³-hybridized carbons (Fsp3) is 0.583. The minimum atomic E-state index is -1.36. The number of aliphatic carboxylic acids is 1. The number of nitrogens with two attached hydrogens (primary N) is 3. The van der Waals surface area contributed by atoms with Crippen LogP contribution in [-0.4, -0.2) is 58.6 Å². The molecule has 0 radical (unpaired) electrons. The molecule has 4 amide bonds. The average Bonchev–Trinajstić information content (AvgIpc) is 2.47. The van der Waals surface area contributed by atoms with Gasteiger partial charge in [0.15, 0.2) is 0 Å². The van der Waals surface area contributed by atoms with Gasteiger partial charge in [-0.2, -0.15) is 12.6 Å². The highest BCUT2D eigenvalue weighted by Gasteiger charge is 2.27. The van der Waals surface area contributed by atoms with Crippen molar-refractivity contribution in [1.82, 2.24) is 10.6 Å². The highest BCUT2D eigenvalue weighted by molar-refractivity contribution is 7.80. The summed E-state index contributed by atoms with van der Waals surface area (Å²) in [4.78, 5) is 56.3. The van der Waals surface area contributed by atoms with Gasteiger partial charge in [0.05, 0.1) is 12.5 Å². The van der Waals surface area contributed by atoms with Gasteiger partial charge in [-0.25, -0.2) is 4.79 Å². The Kier molecular flexibility index (Phi) is 9.42. The van der Waals surface area contributed by atoms with Crippen molar-refractivity contribution in [3.8, 4) is 0 Å². The van der Waals surface area contributed by atoms with E-state index >= 15 is 0 Å². The van der Waals surface area contributed by atoms with Gasteiger partial charge in [-0.1, -0.05) is 0 Å².